The Bertz CT molecular complexity index is 807. The van der Waals surface area contributed by atoms with Gasteiger partial charge < -0.3 is 20.1 Å². The normalized spacial score (nSPS) is 13.8. The summed E-state index contributed by atoms with van der Waals surface area (Å²) in [4.78, 5) is 22.4. The number of carbonyl (C=O) groups is 1. The molecule has 49 heavy (non-hydrogen) atoms. The van der Waals surface area contributed by atoms with Crippen LogP contribution < -0.4 is 5.73 Å². The van der Waals surface area contributed by atoms with Crippen molar-refractivity contribution >= 4 is 13.8 Å². The molecule has 8 nitrogen and oxygen atoms in total. The lowest BCUT2D eigenvalue weighted by molar-refractivity contribution is -0.154. The van der Waals surface area contributed by atoms with Gasteiger partial charge in [-0.25, -0.2) is 4.57 Å². The van der Waals surface area contributed by atoms with Crippen molar-refractivity contribution in [3.05, 3.63) is 24.3 Å². The summed E-state index contributed by atoms with van der Waals surface area (Å²) in [6, 6.07) is 0. The number of hydrogen-bond acceptors (Lipinski definition) is 7. The number of ether oxygens (including phenoxy) is 2. The molecule has 0 aliphatic rings. The molecule has 0 aliphatic carbocycles. The van der Waals surface area contributed by atoms with E-state index in [-0.39, 0.29) is 32.3 Å². The van der Waals surface area contributed by atoms with Gasteiger partial charge in [0.05, 0.1) is 19.8 Å². The van der Waals surface area contributed by atoms with Crippen LogP contribution >= 0.6 is 7.82 Å². The number of unbranched alkanes of at least 4 members (excludes halogenated alkanes) is 22. The predicted molar refractivity (Wildman–Crippen MR) is 206 cm³/mol. The maximum atomic E-state index is 12.5. The topological polar surface area (TPSA) is 117 Å². The van der Waals surface area contributed by atoms with Crippen LogP contribution in [0.2, 0.25) is 0 Å². The average Bonchev–Trinajstić information content (AvgIpc) is 3.09. The Labute approximate surface area is 302 Å². The van der Waals surface area contributed by atoms with Crippen molar-refractivity contribution in [3.63, 3.8) is 0 Å². The van der Waals surface area contributed by atoms with E-state index in [4.69, 9.17) is 24.3 Å². The molecule has 0 aliphatic heterocycles. The predicted octanol–water partition coefficient (Wildman–Crippen LogP) is 11.7. The monoisotopic (exact) mass is 716 g/mol. The fourth-order valence-electron chi connectivity index (χ4n) is 5.60. The zero-order valence-corrected chi connectivity index (χ0v) is 32.8. The summed E-state index contributed by atoms with van der Waals surface area (Å²) in [7, 11) is -4.27. The number of phosphoric acid groups is 1. The molecule has 0 heterocycles. The van der Waals surface area contributed by atoms with Crippen molar-refractivity contribution in [2.24, 2.45) is 5.73 Å². The van der Waals surface area contributed by atoms with E-state index in [1.54, 1.807) is 0 Å². The van der Waals surface area contributed by atoms with Crippen molar-refractivity contribution in [1.82, 2.24) is 0 Å². The zero-order valence-electron chi connectivity index (χ0n) is 31.9. The van der Waals surface area contributed by atoms with Gasteiger partial charge in [-0.2, -0.15) is 0 Å². The van der Waals surface area contributed by atoms with E-state index >= 15 is 0 Å². The summed E-state index contributed by atoms with van der Waals surface area (Å²) in [5, 5.41) is 0. The van der Waals surface area contributed by atoms with Crippen LogP contribution in [0.25, 0.3) is 0 Å². The molecule has 2 unspecified atom stereocenters. The lowest BCUT2D eigenvalue weighted by Gasteiger charge is -2.20. The van der Waals surface area contributed by atoms with Crippen LogP contribution in [0.15, 0.2) is 24.3 Å². The SMILES string of the molecule is CCCC/C=C\C/C=C\CCCCCCCCOCC(COP(=O)(O)OCCN)OC(=O)CCCCCCCCCCCCCCCCC. The standard InChI is InChI=1S/C40H78NO7P/c1-3-5-7-9-11-13-15-17-19-21-23-25-27-29-31-33-40(42)48-39(38-47-49(43,44)46-36-34-41)37-45-35-32-30-28-26-24-22-20-18-16-14-12-10-8-6-4-2/h10,12,16,18,39H,3-9,11,13-15,17,19-38,41H2,1-2H3,(H,43,44)/b12-10-,18-16-. The first kappa shape index (κ1) is 48.0. The molecule has 0 aromatic rings. The largest absolute Gasteiger partial charge is 0.472 e. The van der Waals surface area contributed by atoms with Crippen LogP contribution in [0.5, 0.6) is 0 Å². The van der Waals surface area contributed by atoms with Crippen molar-refractivity contribution in [1.29, 1.82) is 0 Å². The summed E-state index contributed by atoms with van der Waals surface area (Å²) in [5.74, 6) is -0.333. The van der Waals surface area contributed by atoms with Crippen LogP contribution in [0.1, 0.15) is 187 Å². The third-order valence-corrected chi connectivity index (χ3v) is 9.61. The third kappa shape index (κ3) is 38.1. The van der Waals surface area contributed by atoms with E-state index in [1.165, 1.54) is 122 Å². The summed E-state index contributed by atoms with van der Waals surface area (Å²) >= 11 is 0. The quantitative estimate of drug-likeness (QED) is 0.0279. The Morgan fingerprint density at radius 3 is 1.65 bits per heavy atom. The van der Waals surface area contributed by atoms with E-state index in [2.05, 4.69) is 38.2 Å². The molecule has 0 radical (unpaired) electrons. The minimum Gasteiger partial charge on any atom is -0.457 e. The maximum Gasteiger partial charge on any atom is 0.472 e. The molecule has 0 amide bonds. The number of rotatable bonds is 39. The fraction of sp³-hybridized carbons (Fsp3) is 0.875. The lowest BCUT2D eigenvalue weighted by atomic mass is 10.0. The molecular formula is C40H78NO7P. The highest BCUT2D eigenvalue weighted by Crippen LogP contribution is 2.43. The minimum absolute atomic E-state index is 0.0958. The van der Waals surface area contributed by atoms with Gasteiger partial charge in [-0.1, -0.05) is 167 Å². The van der Waals surface area contributed by atoms with Crippen molar-refractivity contribution in [2.45, 2.75) is 193 Å². The highest BCUT2D eigenvalue weighted by Gasteiger charge is 2.25. The van der Waals surface area contributed by atoms with Crippen LogP contribution in [0.4, 0.5) is 0 Å². The second-order valence-corrected chi connectivity index (χ2v) is 15.0. The summed E-state index contributed by atoms with van der Waals surface area (Å²) in [5.41, 5.74) is 5.36. The number of esters is 1. The van der Waals surface area contributed by atoms with Gasteiger partial charge in [0.1, 0.15) is 6.10 Å². The van der Waals surface area contributed by atoms with Crippen molar-refractivity contribution in [2.75, 3.05) is 33.0 Å². The molecule has 290 valence electrons. The average molecular weight is 716 g/mol. The number of carbonyl (C=O) groups excluding carboxylic acids is 1. The van der Waals surface area contributed by atoms with Gasteiger partial charge in [0, 0.05) is 19.6 Å². The first-order chi connectivity index (χ1) is 23.9. The van der Waals surface area contributed by atoms with Crippen LogP contribution in [0, 0.1) is 0 Å². The highest BCUT2D eigenvalue weighted by atomic mass is 31.2. The van der Waals surface area contributed by atoms with Gasteiger partial charge >= 0.3 is 13.8 Å². The molecule has 0 aromatic heterocycles. The lowest BCUT2D eigenvalue weighted by Crippen LogP contribution is -2.28. The smallest absolute Gasteiger partial charge is 0.457 e. The van der Waals surface area contributed by atoms with Gasteiger partial charge in [-0.15, -0.1) is 0 Å². The number of allylic oxidation sites excluding steroid dienone is 4. The first-order valence-corrected chi connectivity index (χ1v) is 21.8. The van der Waals surface area contributed by atoms with E-state index in [0.29, 0.717) is 13.0 Å². The second-order valence-electron chi connectivity index (χ2n) is 13.5. The Morgan fingerprint density at radius 1 is 0.612 bits per heavy atom. The molecular weight excluding hydrogens is 637 g/mol. The Morgan fingerprint density at radius 2 is 1.10 bits per heavy atom. The van der Waals surface area contributed by atoms with Gasteiger partial charge in [0.25, 0.3) is 0 Å². The van der Waals surface area contributed by atoms with Crippen LogP contribution in [-0.2, 0) is 27.9 Å². The molecule has 0 fully saturated rings. The van der Waals surface area contributed by atoms with Gasteiger partial charge in [0.2, 0.25) is 0 Å². The molecule has 0 rings (SSSR count). The summed E-state index contributed by atoms with van der Waals surface area (Å²) in [6.07, 6.45) is 40.4. The molecule has 0 saturated heterocycles. The summed E-state index contributed by atoms with van der Waals surface area (Å²) < 4.78 is 33.4. The molecule has 3 N–H and O–H groups in total. The van der Waals surface area contributed by atoms with E-state index < -0.39 is 13.9 Å². The molecule has 9 heteroatoms. The highest BCUT2D eigenvalue weighted by molar-refractivity contribution is 7.47. The van der Waals surface area contributed by atoms with Gasteiger partial charge in [0.15, 0.2) is 0 Å². The number of nitrogens with two attached hydrogens (primary N) is 1. The molecule has 0 aromatic carbocycles. The molecule has 0 bridgehead atoms. The Hall–Kier alpha value is -1.02. The number of phosphoric ester groups is 1. The Balaban J connectivity index is 4.06. The van der Waals surface area contributed by atoms with Crippen LogP contribution in [-0.4, -0.2) is 49.9 Å². The van der Waals surface area contributed by atoms with Gasteiger partial charge in [-0.3, -0.25) is 13.8 Å². The van der Waals surface area contributed by atoms with E-state index in [0.717, 1.165) is 44.9 Å². The van der Waals surface area contributed by atoms with E-state index in [9.17, 15) is 14.3 Å². The first-order valence-electron chi connectivity index (χ1n) is 20.3. The van der Waals surface area contributed by atoms with Crippen molar-refractivity contribution in [3.8, 4) is 0 Å². The minimum atomic E-state index is -4.27. The second kappa shape index (κ2) is 38.2. The molecule has 2 atom stereocenters. The van der Waals surface area contributed by atoms with Gasteiger partial charge in [-0.05, 0) is 38.5 Å². The fourth-order valence-corrected chi connectivity index (χ4v) is 6.37. The Kier molecular flexibility index (Phi) is 37.4. The van der Waals surface area contributed by atoms with Crippen molar-refractivity contribution < 1.29 is 32.8 Å². The zero-order chi connectivity index (χ0) is 35.9. The number of hydrogen-bond donors (Lipinski definition) is 2. The molecule has 0 saturated carbocycles. The van der Waals surface area contributed by atoms with Crippen LogP contribution in [0.3, 0.4) is 0 Å². The maximum absolute atomic E-state index is 12.5. The van der Waals surface area contributed by atoms with E-state index in [1.807, 2.05) is 0 Å². The third-order valence-electron chi connectivity index (χ3n) is 8.62. The summed E-state index contributed by atoms with van der Waals surface area (Å²) in [6.45, 7) is 4.88. The molecule has 0 spiro atoms.